The Kier molecular flexibility index (Phi) is 4.68. The van der Waals surface area contributed by atoms with Gasteiger partial charge in [0.05, 0.1) is 4.75 Å². The van der Waals surface area contributed by atoms with E-state index in [0.717, 1.165) is 32.1 Å². The van der Waals surface area contributed by atoms with Gasteiger partial charge in [-0.25, -0.2) is 0 Å². The second-order valence-electron chi connectivity index (χ2n) is 5.40. The van der Waals surface area contributed by atoms with Crippen molar-refractivity contribution < 1.29 is 13.0 Å². The van der Waals surface area contributed by atoms with Gasteiger partial charge in [-0.15, -0.1) is 0 Å². The molecule has 1 aliphatic carbocycles. The molecule has 16 heavy (non-hydrogen) atoms. The van der Waals surface area contributed by atoms with Gasteiger partial charge in [-0.3, -0.25) is 4.55 Å². The standard InChI is InChI=1S/C11H21IO3S/c1-10(12)6-3-4-8-11(2,9-5-7-10)16(13,14)15/h3-9H2,1-2H3,(H,13,14,15). The van der Waals surface area contributed by atoms with Gasteiger partial charge in [0.25, 0.3) is 10.1 Å². The van der Waals surface area contributed by atoms with Gasteiger partial charge in [-0.2, -0.15) is 8.42 Å². The molecule has 96 valence electrons. The Morgan fingerprint density at radius 3 is 2.00 bits per heavy atom. The van der Waals surface area contributed by atoms with E-state index < -0.39 is 14.9 Å². The summed E-state index contributed by atoms with van der Waals surface area (Å²) in [6.45, 7) is 3.90. The van der Waals surface area contributed by atoms with Gasteiger partial charge in [-0.05, 0) is 32.6 Å². The molecule has 1 aliphatic rings. The van der Waals surface area contributed by atoms with Crippen LogP contribution in [0.3, 0.4) is 0 Å². The molecule has 0 heterocycles. The summed E-state index contributed by atoms with van der Waals surface area (Å²) in [5.74, 6) is 0. The molecule has 2 unspecified atom stereocenters. The predicted molar refractivity (Wildman–Crippen MR) is 74.7 cm³/mol. The summed E-state index contributed by atoms with van der Waals surface area (Å²) in [6.07, 6.45) is 6.12. The second kappa shape index (κ2) is 5.10. The molecule has 5 heteroatoms. The van der Waals surface area contributed by atoms with E-state index in [0.29, 0.717) is 12.8 Å². The number of hydrogen-bond donors (Lipinski definition) is 1. The third-order valence-corrected chi connectivity index (χ3v) is 6.41. The lowest BCUT2D eigenvalue weighted by molar-refractivity contribution is 0.396. The van der Waals surface area contributed by atoms with Crippen molar-refractivity contribution in [3.05, 3.63) is 0 Å². The molecule has 1 saturated carbocycles. The summed E-state index contributed by atoms with van der Waals surface area (Å²) in [5, 5.41) is 0. The normalized spacial score (nSPS) is 38.5. The summed E-state index contributed by atoms with van der Waals surface area (Å²) >= 11 is 2.47. The minimum atomic E-state index is -3.92. The summed E-state index contributed by atoms with van der Waals surface area (Å²) in [7, 11) is -3.92. The fraction of sp³-hybridized carbons (Fsp3) is 1.00. The highest BCUT2D eigenvalue weighted by atomic mass is 127. The largest absolute Gasteiger partial charge is 0.285 e. The molecule has 0 aromatic rings. The van der Waals surface area contributed by atoms with Gasteiger partial charge in [0.15, 0.2) is 0 Å². The first-order chi connectivity index (χ1) is 7.16. The quantitative estimate of drug-likeness (QED) is 0.442. The Labute approximate surface area is 112 Å². The van der Waals surface area contributed by atoms with E-state index in [4.69, 9.17) is 0 Å². The van der Waals surface area contributed by atoms with Crippen LogP contribution in [0.5, 0.6) is 0 Å². The molecule has 0 radical (unpaired) electrons. The highest BCUT2D eigenvalue weighted by molar-refractivity contribution is 14.1. The van der Waals surface area contributed by atoms with E-state index in [2.05, 4.69) is 29.5 Å². The molecule has 1 fully saturated rings. The van der Waals surface area contributed by atoms with Crippen molar-refractivity contribution in [2.75, 3.05) is 0 Å². The molecular weight excluding hydrogens is 339 g/mol. The smallest absolute Gasteiger partial charge is 0.270 e. The molecule has 0 bridgehead atoms. The first kappa shape index (κ1) is 14.7. The van der Waals surface area contributed by atoms with Crippen molar-refractivity contribution in [1.82, 2.24) is 0 Å². The first-order valence-electron chi connectivity index (χ1n) is 5.82. The van der Waals surface area contributed by atoms with Crippen LogP contribution in [0, 0.1) is 0 Å². The summed E-state index contributed by atoms with van der Waals surface area (Å²) < 4.78 is 31.5. The summed E-state index contributed by atoms with van der Waals surface area (Å²) in [6, 6.07) is 0. The fourth-order valence-corrected chi connectivity index (χ4v) is 3.90. The molecule has 0 spiro atoms. The molecular formula is C11H21IO3S. The van der Waals surface area contributed by atoms with Crippen LogP contribution in [-0.4, -0.2) is 21.1 Å². The third-order valence-electron chi connectivity index (χ3n) is 3.68. The molecule has 1 N–H and O–H groups in total. The summed E-state index contributed by atoms with van der Waals surface area (Å²) in [4.78, 5) is 0. The second-order valence-corrected chi connectivity index (χ2v) is 9.94. The van der Waals surface area contributed by atoms with Crippen LogP contribution in [0.4, 0.5) is 0 Å². The molecule has 0 aromatic heterocycles. The van der Waals surface area contributed by atoms with E-state index in [9.17, 15) is 13.0 Å². The SMILES string of the molecule is CC1(I)CCCCC(C)(S(=O)(=O)O)CCC1. The number of rotatable bonds is 1. The lowest BCUT2D eigenvalue weighted by atomic mass is 9.97. The Hall–Kier alpha value is 0.640. The van der Waals surface area contributed by atoms with Crippen LogP contribution in [-0.2, 0) is 10.1 Å². The Bertz CT molecular complexity index is 337. The predicted octanol–water partition coefficient (Wildman–Crippen LogP) is 3.57. The molecule has 3 nitrogen and oxygen atoms in total. The van der Waals surface area contributed by atoms with Crippen molar-refractivity contribution in [2.45, 2.75) is 67.0 Å². The average molecular weight is 360 g/mol. The van der Waals surface area contributed by atoms with Crippen LogP contribution < -0.4 is 0 Å². The maximum atomic E-state index is 11.4. The van der Waals surface area contributed by atoms with Crippen molar-refractivity contribution in [1.29, 1.82) is 0 Å². The van der Waals surface area contributed by atoms with E-state index in [1.807, 2.05) is 0 Å². The number of alkyl halides is 1. The van der Waals surface area contributed by atoms with Gasteiger partial charge in [0.1, 0.15) is 0 Å². The number of hydrogen-bond acceptors (Lipinski definition) is 2. The Morgan fingerprint density at radius 1 is 1.00 bits per heavy atom. The first-order valence-corrected chi connectivity index (χ1v) is 8.34. The fourth-order valence-electron chi connectivity index (χ4n) is 2.33. The Balaban J connectivity index is 2.78. The zero-order valence-corrected chi connectivity index (χ0v) is 13.0. The molecule has 0 aliphatic heterocycles. The number of halogens is 1. The van der Waals surface area contributed by atoms with Crippen LogP contribution >= 0.6 is 22.6 Å². The Morgan fingerprint density at radius 2 is 1.44 bits per heavy atom. The van der Waals surface area contributed by atoms with Crippen LogP contribution in [0.25, 0.3) is 0 Å². The topological polar surface area (TPSA) is 54.4 Å². The molecule has 0 saturated heterocycles. The van der Waals surface area contributed by atoms with Gasteiger partial charge in [0, 0.05) is 3.42 Å². The van der Waals surface area contributed by atoms with Crippen LogP contribution in [0.15, 0.2) is 0 Å². The highest BCUT2D eigenvalue weighted by Gasteiger charge is 2.38. The van der Waals surface area contributed by atoms with Crippen molar-refractivity contribution >= 4 is 32.7 Å². The monoisotopic (exact) mass is 360 g/mol. The molecule has 2 atom stereocenters. The van der Waals surface area contributed by atoms with Crippen molar-refractivity contribution in [3.8, 4) is 0 Å². The van der Waals surface area contributed by atoms with E-state index in [-0.39, 0.29) is 3.42 Å². The van der Waals surface area contributed by atoms with Gasteiger partial charge >= 0.3 is 0 Å². The van der Waals surface area contributed by atoms with E-state index >= 15 is 0 Å². The average Bonchev–Trinajstić information content (AvgIpc) is 2.15. The maximum absolute atomic E-state index is 11.4. The summed E-state index contributed by atoms with van der Waals surface area (Å²) in [5.41, 5.74) is 0. The van der Waals surface area contributed by atoms with Crippen LogP contribution in [0.1, 0.15) is 58.8 Å². The molecule has 0 amide bonds. The van der Waals surface area contributed by atoms with E-state index in [1.165, 1.54) is 0 Å². The lowest BCUT2D eigenvalue weighted by Crippen LogP contribution is -2.34. The lowest BCUT2D eigenvalue weighted by Gasteiger charge is -2.26. The third kappa shape index (κ3) is 3.84. The minimum Gasteiger partial charge on any atom is -0.285 e. The van der Waals surface area contributed by atoms with Crippen molar-refractivity contribution in [3.63, 3.8) is 0 Å². The maximum Gasteiger partial charge on any atom is 0.270 e. The highest BCUT2D eigenvalue weighted by Crippen LogP contribution is 2.38. The van der Waals surface area contributed by atoms with Crippen molar-refractivity contribution in [2.24, 2.45) is 0 Å². The zero-order chi connectivity index (χ0) is 12.4. The molecule has 0 aromatic carbocycles. The van der Waals surface area contributed by atoms with Gasteiger partial charge < -0.3 is 0 Å². The van der Waals surface area contributed by atoms with Crippen LogP contribution in [0.2, 0.25) is 0 Å². The molecule has 1 rings (SSSR count). The van der Waals surface area contributed by atoms with E-state index in [1.54, 1.807) is 6.92 Å². The van der Waals surface area contributed by atoms with Gasteiger partial charge in [-0.1, -0.05) is 48.8 Å². The minimum absolute atomic E-state index is 0.280. The van der Waals surface area contributed by atoms with Gasteiger partial charge in [0.2, 0.25) is 0 Å². The zero-order valence-electron chi connectivity index (χ0n) is 10.00.